The minimum atomic E-state index is -0.439. The molecule has 1 N–H and O–H groups in total. The highest BCUT2D eigenvalue weighted by atomic mass is 35.5. The van der Waals surface area contributed by atoms with Crippen molar-refractivity contribution in [3.05, 3.63) is 34.9 Å². The zero-order valence-corrected chi connectivity index (χ0v) is 14.7. The topological polar surface area (TPSA) is 49.4 Å². The van der Waals surface area contributed by atoms with Crippen LogP contribution in [-0.2, 0) is 9.59 Å². The van der Waals surface area contributed by atoms with E-state index in [1.165, 1.54) is 0 Å². The molecule has 4 nitrogen and oxygen atoms in total. The summed E-state index contributed by atoms with van der Waals surface area (Å²) in [5.74, 6) is -0.0506. The minimum absolute atomic E-state index is 0.00309. The van der Waals surface area contributed by atoms with E-state index in [2.05, 4.69) is 5.32 Å². The molecule has 0 saturated heterocycles. The van der Waals surface area contributed by atoms with Crippen LogP contribution in [0.4, 0.5) is 0 Å². The predicted octanol–water partition coefficient (Wildman–Crippen LogP) is 3.41. The molecule has 0 aliphatic heterocycles. The lowest BCUT2D eigenvalue weighted by atomic mass is 9.96. The fourth-order valence-electron chi connectivity index (χ4n) is 1.91. The first kappa shape index (κ1) is 18.5. The molecule has 0 radical (unpaired) electrons. The van der Waals surface area contributed by atoms with Gasteiger partial charge in [0.2, 0.25) is 11.8 Å². The van der Waals surface area contributed by atoms with Crippen molar-refractivity contribution >= 4 is 23.4 Å². The number of carbonyl (C=O) groups excluding carboxylic acids is 2. The predicted molar refractivity (Wildman–Crippen MR) is 89.7 cm³/mol. The Balaban J connectivity index is 2.51. The summed E-state index contributed by atoms with van der Waals surface area (Å²) in [5, 5.41) is 3.47. The van der Waals surface area contributed by atoms with Crippen molar-refractivity contribution in [2.24, 2.45) is 5.41 Å². The van der Waals surface area contributed by atoms with Gasteiger partial charge in [0.1, 0.15) is 0 Å². The molecule has 0 heterocycles. The quantitative estimate of drug-likeness (QED) is 0.902. The summed E-state index contributed by atoms with van der Waals surface area (Å²) in [6.07, 6.45) is 0.288. The molecule has 0 aliphatic carbocycles. The number of amides is 2. The highest BCUT2D eigenvalue weighted by Crippen LogP contribution is 2.21. The first-order chi connectivity index (χ1) is 10.1. The maximum absolute atomic E-state index is 12.2. The molecule has 1 unspecified atom stereocenters. The molecule has 1 aromatic rings. The molecule has 1 atom stereocenters. The first-order valence-electron chi connectivity index (χ1n) is 7.42. The number of nitrogens with one attached hydrogen (secondary N) is 1. The second kappa shape index (κ2) is 7.63. The lowest BCUT2D eigenvalue weighted by Crippen LogP contribution is -2.38. The monoisotopic (exact) mass is 324 g/mol. The van der Waals surface area contributed by atoms with Crippen LogP contribution in [0.2, 0.25) is 5.02 Å². The summed E-state index contributed by atoms with van der Waals surface area (Å²) in [7, 11) is 1.77. The third-order valence-electron chi connectivity index (χ3n) is 3.63. The van der Waals surface area contributed by atoms with Crippen LogP contribution in [0.1, 0.15) is 45.7 Å². The van der Waals surface area contributed by atoms with Crippen molar-refractivity contribution in [2.75, 3.05) is 13.6 Å². The van der Waals surface area contributed by atoms with Crippen molar-refractivity contribution in [3.8, 4) is 0 Å². The lowest BCUT2D eigenvalue weighted by Gasteiger charge is -2.26. The smallest absolute Gasteiger partial charge is 0.225 e. The van der Waals surface area contributed by atoms with Gasteiger partial charge in [-0.25, -0.2) is 0 Å². The fourth-order valence-corrected chi connectivity index (χ4v) is 2.03. The van der Waals surface area contributed by atoms with E-state index >= 15 is 0 Å². The van der Waals surface area contributed by atoms with Crippen molar-refractivity contribution in [2.45, 2.75) is 40.2 Å². The summed E-state index contributed by atoms with van der Waals surface area (Å²) < 4.78 is 0. The Morgan fingerprint density at radius 1 is 1.23 bits per heavy atom. The summed E-state index contributed by atoms with van der Waals surface area (Å²) in [6, 6.07) is 7.42. The molecule has 0 fully saturated rings. The van der Waals surface area contributed by atoms with Gasteiger partial charge in [-0.1, -0.05) is 44.5 Å². The summed E-state index contributed by atoms with van der Waals surface area (Å²) in [4.78, 5) is 25.6. The molecule has 122 valence electrons. The maximum Gasteiger partial charge on any atom is 0.225 e. The molecule has 1 rings (SSSR count). The Morgan fingerprint density at radius 2 is 1.77 bits per heavy atom. The Kier molecular flexibility index (Phi) is 6.42. The molecular weight excluding hydrogens is 300 g/mol. The number of rotatable bonds is 5. The van der Waals surface area contributed by atoms with Crippen LogP contribution >= 0.6 is 11.6 Å². The SMILES string of the molecule is CC(c1ccc(Cl)cc1)N(C)C(=O)CCNC(=O)C(C)(C)C. The third-order valence-corrected chi connectivity index (χ3v) is 3.88. The van der Waals surface area contributed by atoms with E-state index in [0.717, 1.165) is 5.56 Å². The van der Waals surface area contributed by atoms with Crippen molar-refractivity contribution in [3.63, 3.8) is 0 Å². The van der Waals surface area contributed by atoms with Crippen molar-refractivity contribution in [1.29, 1.82) is 0 Å². The van der Waals surface area contributed by atoms with Gasteiger partial charge >= 0.3 is 0 Å². The molecule has 2 amide bonds. The van der Waals surface area contributed by atoms with Crippen LogP contribution < -0.4 is 5.32 Å². The van der Waals surface area contributed by atoms with Gasteiger partial charge in [0.15, 0.2) is 0 Å². The second-order valence-electron chi connectivity index (χ2n) is 6.49. The van der Waals surface area contributed by atoms with Gasteiger partial charge in [-0.05, 0) is 24.6 Å². The average molecular weight is 325 g/mol. The van der Waals surface area contributed by atoms with E-state index in [1.807, 2.05) is 52.0 Å². The Hall–Kier alpha value is -1.55. The maximum atomic E-state index is 12.2. The average Bonchev–Trinajstić information content (AvgIpc) is 2.45. The number of hydrogen-bond acceptors (Lipinski definition) is 2. The molecule has 0 spiro atoms. The van der Waals surface area contributed by atoms with E-state index in [-0.39, 0.29) is 24.3 Å². The van der Waals surface area contributed by atoms with Gasteiger partial charge in [-0.3, -0.25) is 9.59 Å². The number of hydrogen-bond donors (Lipinski definition) is 1. The lowest BCUT2D eigenvalue weighted by molar-refractivity contribution is -0.132. The molecular formula is C17H25ClN2O2. The summed E-state index contributed by atoms with van der Waals surface area (Å²) >= 11 is 5.87. The Labute approximate surface area is 137 Å². The largest absolute Gasteiger partial charge is 0.355 e. The van der Waals surface area contributed by atoms with Gasteiger partial charge in [0.25, 0.3) is 0 Å². The second-order valence-corrected chi connectivity index (χ2v) is 6.92. The number of halogens is 1. The Morgan fingerprint density at radius 3 is 2.27 bits per heavy atom. The molecule has 0 saturated carbocycles. The van der Waals surface area contributed by atoms with Gasteiger partial charge in [0.05, 0.1) is 6.04 Å². The minimum Gasteiger partial charge on any atom is -0.355 e. The van der Waals surface area contributed by atoms with Crippen LogP contribution in [0.15, 0.2) is 24.3 Å². The molecule has 5 heteroatoms. The van der Waals surface area contributed by atoms with Gasteiger partial charge in [-0.2, -0.15) is 0 Å². The van der Waals surface area contributed by atoms with E-state index < -0.39 is 5.41 Å². The number of nitrogens with zero attached hydrogens (tertiary/aromatic N) is 1. The highest BCUT2D eigenvalue weighted by molar-refractivity contribution is 6.30. The molecule has 0 aromatic heterocycles. The molecule has 22 heavy (non-hydrogen) atoms. The molecule has 0 bridgehead atoms. The van der Waals surface area contributed by atoms with E-state index in [4.69, 9.17) is 11.6 Å². The molecule has 1 aromatic carbocycles. The van der Waals surface area contributed by atoms with E-state index in [9.17, 15) is 9.59 Å². The highest BCUT2D eigenvalue weighted by Gasteiger charge is 2.22. The molecule has 0 aliphatic rings. The summed E-state index contributed by atoms with van der Waals surface area (Å²) in [5.41, 5.74) is 0.588. The van der Waals surface area contributed by atoms with Crippen molar-refractivity contribution < 1.29 is 9.59 Å². The van der Waals surface area contributed by atoms with Crippen LogP contribution in [0.3, 0.4) is 0 Å². The third kappa shape index (κ3) is 5.34. The van der Waals surface area contributed by atoms with Crippen LogP contribution in [0, 0.1) is 5.41 Å². The number of carbonyl (C=O) groups is 2. The van der Waals surface area contributed by atoms with Crippen LogP contribution in [-0.4, -0.2) is 30.3 Å². The summed E-state index contributed by atoms with van der Waals surface area (Å²) in [6.45, 7) is 7.86. The van der Waals surface area contributed by atoms with Crippen LogP contribution in [0.25, 0.3) is 0 Å². The van der Waals surface area contributed by atoms with Gasteiger partial charge in [0, 0.05) is 30.5 Å². The fraction of sp³-hybridized carbons (Fsp3) is 0.529. The van der Waals surface area contributed by atoms with E-state index in [0.29, 0.717) is 11.6 Å². The van der Waals surface area contributed by atoms with Crippen LogP contribution in [0.5, 0.6) is 0 Å². The normalized spacial score (nSPS) is 12.6. The Bertz CT molecular complexity index is 520. The standard InChI is InChI=1S/C17H25ClN2O2/c1-12(13-6-8-14(18)9-7-13)20(5)15(21)10-11-19-16(22)17(2,3)4/h6-9,12H,10-11H2,1-5H3,(H,19,22). The van der Waals surface area contributed by atoms with Gasteiger partial charge < -0.3 is 10.2 Å². The van der Waals surface area contributed by atoms with E-state index in [1.54, 1.807) is 11.9 Å². The van der Waals surface area contributed by atoms with Gasteiger partial charge in [-0.15, -0.1) is 0 Å². The zero-order chi connectivity index (χ0) is 16.9. The number of benzene rings is 1. The zero-order valence-electron chi connectivity index (χ0n) is 13.9. The van der Waals surface area contributed by atoms with Crippen molar-refractivity contribution in [1.82, 2.24) is 10.2 Å². The first-order valence-corrected chi connectivity index (χ1v) is 7.80.